The van der Waals surface area contributed by atoms with Crippen LogP contribution >= 0.6 is 0 Å². The van der Waals surface area contributed by atoms with E-state index in [2.05, 4.69) is 11.2 Å². The standard InChI is InChI=1S/C14H18FNO/c1-4-6-9-17-14-8-7-12(10-13(14)15)11(3)16-5-2/h1,7-8,10-11,16H,5-6,9H2,2-3H3. The Morgan fingerprint density at radius 3 is 2.88 bits per heavy atom. The monoisotopic (exact) mass is 235 g/mol. The summed E-state index contributed by atoms with van der Waals surface area (Å²) in [5.74, 6) is 2.36. The Morgan fingerprint density at radius 2 is 2.29 bits per heavy atom. The van der Waals surface area contributed by atoms with Gasteiger partial charge in [-0.15, -0.1) is 12.3 Å². The number of hydrogen-bond acceptors (Lipinski definition) is 2. The summed E-state index contributed by atoms with van der Waals surface area (Å²) in [6, 6.07) is 5.14. The normalized spacial score (nSPS) is 11.9. The van der Waals surface area contributed by atoms with Crippen molar-refractivity contribution < 1.29 is 9.13 Å². The first-order valence-corrected chi connectivity index (χ1v) is 5.78. The molecule has 1 rings (SSSR count). The molecule has 0 aliphatic carbocycles. The van der Waals surface area contributed by atoms with Crippen LogP contribution in [0.3, 0.4) is 0 Å². The zero-order chi connectivity index (χ0) is 12.7. The summed E-state index contributed by atoms with van der Waals surface area (Å²) in [6.45, 7) is 5.21. The van der Waals surface area contributed by atoms with Crippen molar-refractivity contribution in [3.63, 3.8) is 0 Å². The first-order valence-electron chi connectivity index (χ1n) is 5.78. The quantitative estimate of drug-likeness (QED) is 0.604. The summed E-state index contributed by atoms with van der Waals surface area (Å²) in [6.07, 6.45) is 5.58. The molecule has 0 heterocycles. The Bertz CT molecular complexity index is 398. The van der Waals surface area contributed by atoms with E-state index in [1.165, 1.54) is 6.07 Å². The molecule has 0 aliphatic rings. The lowest BCUT2D eigenvalue weighted by Crippen LogP contribution is -2.17. The third-order valence-electron chi connectivity index (χ3n) is 2.47. The Hall–Kier alpha value is -1.53. The Kier molecular flexibility index (Phi) is 5.51. The number of hydrogen-bond donors (Lipinski definition) is 1. The summed E-state index contributed by atoms with van der Waals surface area (Å²) in [5, 5.41) is 3.23. The van der Waals surface area contributed by atoms with Crippen LogP contribution in [0.25, 0.3) is 0 Å². The topological polar surface area (TPSA) is 21.3 Å². The number of terminal acetylenes is 1. The minimum Gasteiger partial charge on any atom is -0.490 e. The lowest BCUT2D eigenvalue weighted by atomic mass is 10.1. The fourth-order valence-corrected chi connectivity index (χ4v) is 1.55. The molecule has 0 aliphatic heterocycles. The number of benzene rings is 1. The smallest absolute Gasteiger partial charge is 0.165 e. The van der Waals surface area contributed by atoms with Crippen molar-refractivity contribution in [3.8, 4) is 18.1 Å². The Labute approximate surface area is 102 Å². The summed E-state index contributed by atoms with van der Waals surface area (Å²) in [5.41, 5.74) is 0.911. The van der Waals surface area contributed by atoms with Gasteiger partial charge in [-0.25, -0.2) is 4.39 Å². The molecule has 0 spiro atoms. The van der Waals surface area contributed by atoms with Crippen LogP contribution in [0.1, 0.15) is 31.9 Å². The SMILES string of the molecule is C#CCCOc1ccc(C(C)NCC)cc1F. The number of nitrogens with one attached hydrogen (secondary N) is 1. The minimum absolute atomic E-state index is 0.134. The van der Waals surface area contributed by atoms with E-state index in [4.69, 9.17) is 11.2 Å². The van der Waals surface area contributed by atoms with Crippen molar-refractivity contribution >= 4 is 0 Å². The van der Waals surface area contributed by atoms with Crippen molar-refractivity contribution in [2.75, 3.05) is 13.2 Å². The molecule has 17 heavy (non-hydrogen) atoms. The molecule has 0 bridgehead atoms. The van der Waals surface area contributed by atoms with Gasteiger partial charge in [0.1, 0.15) is 0 Å². The van der Waals surface area contributed by atoms with Gasteiger partial charge in [0.05, 0.1) is 6.61 Å². The largest absolute Gasteiger partial charge is 0.490 e. The maximum Gasteiger partial charge on any atom is 0.165 e. The summed E-state index contributed by atoms with van der Waals surface area (Å²) in [7, 11) is 0. The van der Waals surface area contributed by atoms with Crippen LogP contribution in [-0.4, -0.2) is 13.2 Å². The summed E-state index contributed by atoms with van der Waals surface area (Å²) in [4.78, 5) is 0. The molecule has 0 amide bonds. The highest BCUT2D eigenvalue weighted by molar-refractivity contribution is 5.30. The van der Waals surface area contributed by atoms with Gasteiger partial charge in [-0.1, -0.05) is 13.0 Å². The molecule has 0 radical (unpaired) electrons. The van der Waals surface area contributed by atoms with Crippen molar-refractivity contribution in [1.82, 2.24) is 5.32 Å². The van der Waals surface area contributed by atoms with E-state index in [-0.39, 0.29) is 17.6 Å². The van der Waals surface area contributed by atoms with Gasteiger partial charge in [0, 0.05) is 12.5 Å². The molecule has 3 heteroatoms. The van der Waals surface area contributed by atoms with Crippen LogP contribution in [0, 0.1) is 18.2 Å². The number of ether oxygens (including phenoxy) is 1. The number of halogens is 1. The molecule has 0 aromatic heterocycles. The van der Waals surface area contributed by atoms with Gasteiger partial charge in [-0.3, -0.25) is 0 Å². The van der Waals surface area contributed by atoms with Crippen molar-refractivity contribution in [2.45, 2.75) is 26.3 Å². The van der Waals surface area contributed by atoms with Gasteiger partial charge in [-0.05, 0) is 31.2 Å². The molecule has 92 valence electrons. The van der Waals surface area contributed by atoms with E-state index in [1.54, 1.807) is 6.07 Å². The third-order valence-corrected chi connectivity index (χ3v) is 2.47. The van der Waals surface area contributed by atoms with E-state index in [0.29, 0.717) is 13.0 Å². The second kappa shape index (κ2) is 6.93. The minimum atomic E-state index is -0.343. The molecule has 0 saturated heterocycles. The second-order valence-electron chi connectivity index (χ2n) is 3.77. The molecule has 1 N–H and O–H groups in total. The highest BCUT2D eigenvalue weighted by Crippen LogP contribution is 2.22. The Morgan fingerprint density at radius 1 is 1.53 bits per heavy atom. The van der Waals surface area contributed by atoms with Crippen LogP contribution in [-0.2, 0) is 0 Å². The van der Waals surface area contributed by atoms with Crippen molar-refractivity contribution in [1.29, 1.82) is 0 Å². The van der Waals surface area contributed by atoms with E-state index >= 15 is 0 Å². The van der Waals surface area contributed by atoms with Crippen LogP contribution in [0.4, 0.5) is 4.39 Å². The molecule has 1 aromatic carbocycles. The van der Waals surface area contributed by atoms with Gasteiger partial charge in [0.25, 0.3) is 0 Å². The molecule has 1 unspecified atom stereocenters. The first kappa shape index (κ1) is 13.5. The Balaban J connectivity index is 2.69. The van der Waals surface area contributed by atoms with E-state index < -0.39 is 0 Å². The molecule has 1 aromatic rings. The molecule has 0 saturated carbocycles. The summed E-state index contributed by atoms with van der Waals surface area (Å²) >= 11 is 0. The average Bonchev–Trinajstić information content (AvgIpc) is 2.31. The summed E-state index contributed by atoms with van der Waals surface area (Å²) < 4.78 is 18.9. The fraction of sp³-hybridized carbons (Fsp3) is 0.429. The van der Waals surface area contributed by atoms with Gasteiger partial charge in [0.2, 0.25) is 0 Å². The predicted molar refractivity (Wildman–Crippen MR) is 67.4 cm³/mol. The van der Waals surface area contributed by atoms with Crippen LogP contribution < -0.4 is 10.1 Å². The maximum absolute atomic E-state index is 13.7. The second-order valence-corrected chi connectivity index (χ2v) is 3.77. The van der Waals surface area contributed by atoms with Gasteiger partial charge in [0.15, 0.2) is 11.6 Å². The lowest BCUT2D eigenvalue weighted by Gasteiger charge is -2.14. The van der Waals surface area contributed by atoms with E-state index in [9.17, 15) is 4.39 Å². The first-order chi connectivity index (χ1) is 8.19. The molecular formula is C14H18FNO. The highest BCUT2D eigenvalue weighted by Gasteiger charge is 2.08. The maximum atomic E-state index is 13.7. The third kappa shape index (κ3) is 4.08. The predicted octanol–water partition coefficient (Wildman–Crippen LogP) is 2.90. The molecule has 2 nitrogen and oxygen atoms in total. The van der Waals surface area contributed by atoms with Gasteiger partial charge in [-0.2, -0.15) is 0 Å². The number of rotatable bonds is 6. The van der Waals surface area contributed by atoms with Crippen molar-refractivity contribution in [3.05, 3.63) is 29.6 Å². The van der Waals surface area contributed by atoms with Crippen molar-refractivity contribution in [2.24, 2.45) is 0 Å². The zero-order valence-electron chi connectivity index (χ0n) is 10.3. The molecular weight excluding hydrogens is 217 g/mol. The molecule has 0 fully saturated rings. The van der Waals surface area contributed by atoms with Crippen LogP contribution in [0.15, 0.2) is 18.2 Å². The highest BCUT2D eigenvalue weighted by atomic mass is 19.1. The van der Waals surface area contributed by atoms with Crippen LogP contribution in [0.2, 0.25) is 0 Å². The average molecular weight is 235 g/mol. The van der Waals surface area contributed by atoms with Gasteiger partial charge >= 0.3 is 0 Å². The van der Waals surface area contributed by atoms with E-state index in [1.807, 2.05) is 19.9 Å². The molecule has 1 atom stereocenters. The van der Waals surface area contributed by atoms with Crippen LogP contribution in [0.5, 0.6) is 5.75 Å². The lowest BCUT2D eigenvalue weighted by molar-refractivity contribution is 0.309. The fourth-order valence-electron chi connectivity index (χ4n) is 1.55. The van der Waals surface area contributed by atoms with E-state index in [0.717, 1.165) is 12.1 Å². The van der Waals surface area contributed by atoms with Gasteiger partial charge < -0.3 is 10.1 Å². The zero-order valence-corrected chi connectivity index (χ0v) is 10.3.